The molecule has 0 atom stereocenters. The van der Waals surface area contributed by atoms with Crippen LogP contribution in [-0.4, -0.2) is 69.2 Å². The van der Waals surface area contributed by atoms with Gasteiger partial charge in [-0.2, -0.15) is 0 Å². The molecule has 12 nitrogen and oxygen atoms in total. The molecule has 1 aromatic heterocycles. The minimum absolute atomic E-state index is 0.0308. The Morgan fingerprint density at radius 2 is 1.88 bits per heavy atom. The lowest BCUT2D eigenvalue weighted by atomic mass is 10.0. The fourth-order valence-corrected chi connectivity index (χ4v) is 3.81. The number of non-ortho nitro benzene ring substituents is 1. The van der Waals surface area contributed by atoms with E-state index >= 15 is 0 Å². The van der Waals surface area contributed by atoms with Crippen molar-refractivity contribution in [1.29, 1.82) is 0 Å². The largest absolute Gasteiger partial charge is 0.361 e. The standard InChI is InChI=1S/C20H19N5O7/c1-11-8-16(22-32-11)20(29)23-6-4-12(5-7-23)21-17(26)10-24-18(27)14-3-2-13(25(30)31)9-15(14)19(24)28/h2-3,8-9,12H,4-7,10H2,1H3,(H,21,26). The number of nitrogens with zero attached hydrogens (tertiary/aromatic N) is 4. The van der Waals surface area contributed by atoms with Crippen LogP contribution >= 0.6 is 0 Å². The topological polar surface area (TPSA) is 156 Å². The molecule has 0 unspecified atom stereocenters. The van der Waals surface area contributed by atoms with Gasteiger partial charge in [0.2, 0.25) is 5.91 Å². The fraction of sp³-hybridized carbons (Fsp3) is 0.350. The first-order valence-corrected chi connectivity index (χ1v) is 9.91. The number of nitro benzene ring substituents is 1. The molecule has 1 N–H and O–H groups in total. The first-order valence-electron chi connectivity index (χ1n) is 9.91. The zero-order chi connectivity index (χ0) is 23.0. The van der Waals surface area contributed by atoms with E-state index in [1.807, 2.05) is 0 Å². The Balaban J connectivity index is 1.32. The van der Waals surface area contributed by atoms with E-state index < -0.39 is 29.2 Å². The summed E-state index contributed by atoms with van der Waals surface area (Å²) in [5, 5.41) is 17.4. The molecule has 12 heteroatoms. The number of carbonyl (C=O) groups is 4. The summed E-state index contributed by atoms with van der Waals surface area (Å²) in [5.74, 6) is -1.64. The quantitative estimate of drug-likeness (QED) is 0.408. The Morgan fingerprint density at radius 3 is 2.50 bits per heavy atom. The van der Waals surface area contributed by atoms with E-state index in [0.29, 0.717) is 31.7 Å². The van der Waals surface area contributed by atoms with Crippen LogP contribution in [0.2, 0.25) is 0 Å². The first kappa shape index (κ1) is 21.2. The maximum absolute atomic E-state index is 12.5. The van der Waals surface area contributed by atoms with Crippen LogP contribution in [0.15, 0.2) is 28.8 Å². The minimum atomic E-state index is -0.743. The van der Waals surface area contributed by atoms with E-state index in [2.05, 4.69) is 10.5 Å². The first-order chi connectivity index (χ1) is 15.2. The molecule has 1 fully saturated rings. The average molecular weight is 441 g/mol. The number of amides is 4. The molecule has 0 saturated carbocycles. The highest BCUT2D eigenvalue weighted by Crippen LogP contribution is 2.26. The van der Waals surface area contributed by atoms with Crippen LogP contribution in [0.25, 0.3) is 0 Å². The molecule has 4 rings (SSSR count). The molecule has 1 saturated heterocycles. The third-order valence-corrected chi connectivity index (χ3v) is 5.46. The third kappa shape index (κ3) is 3.94. The van der Waals surface area contributed by atoms with Crippen molar-refractivity contribution in [3.05, 3.63) is 57.0 Å². The Kier molecular flexibility index (Phi) is 5.43. The number of aryl methyl sites for hydroxylation is 1. The summed E-state index contributed by atoms with van der Waals surface area (Å²) in [7, 11) is 0. The molecule has 32 heavy (non-hydrogen) atoms. The van der Waals surface area contributed by atoms with Crippen molar-refractivity contribution in [2.24, 2.45) is 0 Å². The molecule has 0 bridgehead atoms. The van der Waals surface area contributed by atoms with Gasteiger partial charge in [0, 0.05) is 37.3 Å². The molecule has 2 aromatic rings. The highest BCUT2D eigenvalue weighted by molar-refractivity contribution is 6.22. The predicted octanol–water partition coefficient (Wildman–Crippen LogP) is 0.908. The predicted molar refractivity (Wildman–Crippen MR) is 107 cm³/mol. The zero-order valence-corrected chi connectivity index (χ0v) is 17.1. The van der Waals surface area contributed by atoms with Crippen LogP contribution in [0.4, 0.5) is 5.69 Å². The summed E-state index contributed by atoms with van der Waals surface area (Å²) < 4.78 is 4.92. The molecule has 0 aliphatic carbocycles. The van der Waals surface area contributed by atoms with Gasteiger partial charge in [0.25, 0.3) is 23.4 Å². The van der Waals surface area contributed by atoms with Gasteiger partial charge >= 0.3 is 0 Å². The summed E-state index contributed by atoms with van der Waals surface area (Å²) in [6, 6.07) is 4.74. The van der Waals surface area contributed by atoms with Crippen LogP contribution in [0.5, 0.6) is 0 Å². The number of benzene rings is 1. The molecule has 0 radical (unpaired) electrons. The van der Waals surface area contributed by atoms with E-state index in [-0.39, 0.29) is 34.5 Å². The van der Waals surface area contributed by atoms with Crippen LogP contribution in [0, 0.1) is 17.0 Å². The van der Waals surface area contributed by atoms with E-state index in [9.17, 15) is 29.3 Å². The summed E-state index contributed by atoms with van der Waals surface area (Å²) in [4.78, 5) is 62.5. The van der Waals surface area contributed by atoms with Gasteiger partial charge in [0.15, 0.2) is 5.69 Å². The van der Waals surface area contributed by atoms with Gasteiger partial charge in [-0.25, -0.2) is 0 Å². The van der Waals surface area contributed by atoms with Gasteiger partial charge in [0.05, 0.1) is 16.1 Å². The normalized spacial score (nSPS) is 16.3. The maximum atomic E-state index is 12.5. The SMILES string of the molecule is Cc1cc(C(=O)N2CCC(NC(=O)CN3C(=O)c4ccc([N+](=O)[O-])cc4C3=O)CC2)no1. The second kappa shape index (κ2) is 8.21. The molecule has 0 spiro atoms. The molecule has 4 amide bonds. The molecule has 2 aliphatic rings. The van der Waals surface area contributed by atoms with E-state index in [1.54, 1.807) is 17.9 Å². The minimum Gasteiger partial charge on any atom is -0.361 e. The Bertz CT molecular complexity index is 1130. The number of imide groups is 1. The zero-order valence-electron chi connectivity index (χ0n) is 17.1. The number of likely N-dealkylation sites (tertiary alicyclic amines) is 1. The Labute approximate surface area is 181 Å². The lowest BCUT2D eigenvalue weighted by Crippen LogP contribution is -2.49. The number of rotatable bonds is 5. The van der Waals surface area contributed by atoms with Crippen LogP contribution in [-0.2, 0) is 4.79 Å². The van der Waals surface area contributed by atoms with Gasteiger partial charge < -0.3 is 14.7 Å². The monoisotopic (exact) mass is 441 g/mol. The average Bonchev–Trinajstić information content (AvgIpc) is 3.31. The van der Waals surface area contributed by atoms with Crippen molar-refractivity contribution in [3.8, 4) is 0 Å². The van der Waals surface area contributed by atoms with Gasteiger partial charge in [-0.1, -0.05) is 5.16 Å². The number of nitrogens with one attached hydrogen (secondary N) is 1. The van der Waals surface area contributed by atoms with Crippen molar-refractivity contribution in [2.75, 3.05) is 19.6 Å². The number of hydrogen-bond donors (Lipinski definition) is 1. The van der Waals surface area contributed by atoms with Crippen LogP contribution in [0.3, 0.4) is 0 Å². The summed E-state index contributed by atoms with van der Waals surface area (Å²) in [5.41, 5.74) is -0.135. The Hall–Kier alpha value is -4.09. The molecule has 2 aliphatic heterocycles. The van der Waals surface area contributed by atoms with Gasteiger partial charge in [-0.15, -0.1) is 0 Å². The van der Waals surface area contributed by atoms with Gasteiger partial charge in [-0.05, 0) is 25.8 Å². The fourth-order valence-electron chi connectivity index (χ4n) is 3.81. The smallest absolute Gasteiger partial charge is 0.276 e. The van der Waals surface area contributed by atoms with Crippen molar-refractivity contribution >= 4 is 29.3 Å². The van der Waals surface area contributed by atoms with Crippen molar-refractivity contribution in [2.45, 2.75) is 25.8 Å². The number of piperidine rings is 1. The number of hydrogen-bond acceptors (Lipinski definition) is 8. The highest BCUT2D eigenvalue weighted by atomic mass is 16.6. The number of nitro groups is 1. The lowest BCUT2D eigenvalue weighted by molar-refractivity contribution is -0.384. The lowest BCUT2D eigenvalue weighted by Gasteiger charge is -2.32. The molecular formula is C20H19N5O7. The maximum Gasteiger partial charge on any atom is 0.276 e. The van der Waals surface area contributed by atoms with Gasteiger partial charge in [-0.3, -0.25) is 34.2 Å². The van der Waals surface area contributed by atoms with E-state index in [4.69, 9.17) is 4.52 Å². The number of aromatic nitrogens is 1. The molecule has 3 heterocycles. The van der Waals surface area contributed by atoms with Crippen LogP contribution in [0.1, 0.15) is 49.8 Å². The second-order valence-electron chi connectivity index (χ2n) is 7.64. The number of carbonyl (C=O) groups excluding carboxylic acids is 4. The van der Waals surface area contributed by atoms with Crippen molar-refractivity contribution in [3.63, 3.8) is 0 Å². The Morgan fingerprint density at radius 1 is 1.19 bits per heavy atom. The third-order valence-electron chi connectivity index (χ3n) is 5.46. The van der Waals surface area contributed by atoms with E-state index in [0.717, 1.165) is 17.0 Å². The van der Waals surface area contributed by atoms with Crippen molar-refractivity contribution in [1.82, 2.24) is 20.3 Å². The highest BCUT2D eigenvalue weighted by Gasteiger charge is 2.38. The summed E-state index contributed by atoms with van der Waals surface area (Å²) >= 11 is 0. The van der Waals surface area contributed by atoms with Crippen molar-refractivity contribution < 1.29 is 28.6 Å². The molecule has 1 aromatic carbocycles. The second-order valence-corrected chi connectivity index (χ2v) is 7.64. The summed E-state index contributed by atoms with van der Waals surface area (Å²) in [6.07, 6.45) is 1.01. The molecule has 166 valence electrons. The van der Waals surface area contributed by atoms with E-state index in [1.165, 1.54) is 6.07 Å². The number of fused-ring (bicyclic) bond motifs is 1. The van der Waals surface area contributed by atoms with Gasteiger partial charge in [0.1, 0.15) is 12.3 Å². The summed E-state index contributed by atoms with van der Waals surface area (Å²) in [6.45, 7) is 2.03. The van der Waals surface area contributed by atoms with Crippen LogP contribution < -0.4 is 5.32 Å². The molecular weight excluding hydrogens is 422 g/mol.